The SMILES string of the molecule is CCC(=O)NCc1c(I)c(C(=O)CC)c(I)c(C(=O)ON)c1I. The number of rotatable bonds is 6. The zero-order chi connectivity index (χ0) is 17.7. The number of carbonyl (C=O) groups is 3. The Balaban J connectivity index is 3.58. The summed E-state index contributed by atoms with van der Waals surface area (Å²) in [5, 5.41) is 2.77. The van der Waals surface area contributed by atoms with Crippen LogP contribution in [0.25, 0.3) is 0 Å². The number of amides is 1. The predicted molar refractivity (Wildman–Crippen MR) is 111 cm³/mol. The maximum absolute atomic E-state index is 12.3. The van der Waals surface area contributed by atoms with E-state index in [2.05, 4.69) is 32.7 Å². The van der Waals surface area contributed by atoms with Gasteiger partial charge >= 0.3 is 5.97 Å². The van der Waals surface area contributed by atoms with Gasteiger partial charge in [0.05, 0.1) is 5.56 Å². The first-order valence-corrected chi connectivity index (χ1v) is 9.93. The molecule has 0 aromatic heterocycles. The Labute approximate surface area is 175 Å². The van der Waals surface area contributed by atoms with Crippen molar-refractivity contribution in [2.24, 2.45) is 5.90 Å². The summed E-state index contributed by atoms with van der Waals surface area (Å²) in [6, 6.07) is 0. The smallest absolute Gasteiger partial charge is 0.358 e. The van der Waals surface area contributed by atoms with Crippen LogP contribution in [0.15, 0.2) is 0 Å². The molecular weight excluding hydrogens is 641 g/mol. The molecule has 0 radical (unpaired) electrons. The van der Waals surface area contributed by atoms with Crippen molar-refractivity contribution >= 4 is 85.4 Å². The van der Waals surface area contributed by atoms with Gasteiger partial charge in [0.15, 0.2) is 5.78 Å². The van der Waals surface area contributed by atoms with Gasteiger partial charge in [0.1, 0.15) is 0 Å². The summed E-state index contributed by atoms with van der Waals surface area (Å²) in [6.45, 7) is 3.74. The minimum Gasteiger partial charge on any atom is -0.370 e. The van der Waals surface area contributed by atoms with Crippen LogP contribution in [-0.4, -0.2) is 17.7 Å². The second-order valence-corrected chi connectivity index (χ2v) is 7.72. The van der Waals surface area contributed by atoms with E-state index in [9.17, 15) is 14.4 Å². The second kappa shape index (κ2) is 9.46. The summed E-state index contributed by atoms with van der Waals surface area (Å²) in [5.74, 6) is 4.13. The molecule has 0 bridgehead atoms. The standard InChI is InChI=1S/C14H15I3N2O4/c1-3-7(20)9-11(15)6(5-19-8(21)4-2)12(16)10(13(9)17)14(22)23-18/h3-5,18H2,1-2H3,(H,19,21). The topological polar surface area (TPSA) is 98.5 Å². The van der Waals surface area contributed by atoms with E-state index in [0.717, 1.165) is 3.57 Å². The number of carbonyl (C=O) groups excluding carboxylic acids is 3. The van der Waals surface area contributed by atoms with Gasteiger partial charge in [-0.15, -0.1) is 0 Å². The van der Waals surface area contributed by atoms with Gasteiger partial charge in [-0.3, -0.25) is 9.59 Å². The van der Waals surface area contributed by atoms with Crippen LogP contribution in [0, 0.1) is 10.7 Å². The van der Waals surface area contributed by atoms with Crippen LogP contribution in [0.1, 0.15) is 53.0 Å². The number of halogens is 3. The molecule has 6 nitrogen and oxygen atoms in total. The number of nitrogens with two attached hydrogens (primary N) is 1. The number of ketones is 1. The highest BCUT2D eigenvalue weighted by atomic mass is 127. The van der Waals surface area contributed by atoms with Crippen molar-refractivity contribution in [3.63, 3.8) is 0 Å². The molecule has 23 heavy (non-hydrogen) atoms. The summed E-state index contributed by atoms with van der Waals surface area (Å²) in [7, 11) is 0. The van der Waals surface area contributed by atoms with Crippen LogP contribution in [0.5, 0.6) is 0 Å². The van der Waals surface area contributed by atoms with E-state index in [-0.39, 0.29) is 23.8 Å². The van der Waals surface area contributed by atoms with Crippen LogP contribution >= 0.6 is 67.8 Å². The number of nitrogens with one attached hydrogen (secondary N) is 1. The Hall–Kier alpha value is -0.0200. The Morgan fingerprint density at radius 3 is 2.04 bits per heavy atom. The Kier molecular flexibility index (Phi) is 8.65. The fourth-order valence-electron chi connectivity index (χ4n) is 1.84. The van der Waals surface area contributed by atoms with E-state index in [1.807, 2.05) is 45.2 Å². The average molecular weight is 656 g/mol. The zero-order valence-corrected chi connectivity index (χ0v) is 18.9. The lowest BCUT2D eigenvalue weighted by molar-refractivity contribution is -0.120. The van der Waals surface area contributed by atoms with Crippen molar-refractivity contribution in [3.8, 4) is 0 Å². The van der Waals surface area contributed by atoms with Gasteiger partial charge < -0.3 is 10.2 Å². The predicted octanol–water partition coefficient (Wildman–Crippen LogP) is 3.15. The molecule has 0 saturated carbocycles. The second-order valence-electron chi connectivity index (χ2n) is 4.48. The molecule has 1 aromatic carbocycles. The van der Waals surface area contributed by atoms with Crippen LogP contribution in [0.3, 0.4) is 0 Å². The van der Waals surface area contributed by atoms with Gasteiger partial charge in [-0.25, -0.2) is 4.79 Å². The number of benzene rings is 1. The lowest BCUT2D eigenvalue weighted by atomic mass is 10.0. The molecule has 0 fully saturated rings. The van der Waals surface area contributed by atoms with E-state index in [1.54, 1.807) is 13.8 Å². The van der Waals surface area contributed by atoms with Gasteiger partial charge in [0.25, 0.3) is 0 Å². The van der Waals surface area contributed by atoms with Gasteiger partial charge in [0, 0.05) is 35.7 Å². The lowest BCUT2D eigenvalue weighted by Gasteiger charge is -2.17. The third-order valence-corrected chi connectivity index (χ3v) is 6.56. The number of hydrogen-bond donors (Lipinski definition) is 2. The third-order valence-electron chi connectivity index (χ3n) is 3.10. The Morgan fingerprint density at radius 1 is 1.00 bits per heavy atom. The quantitative estimate of drug-likeness (QED) is 0.279. The fourth-order valence-corrected chi connectivity index (χ4v) is 6.43. The maximum atomic E-state index is 12.3. The minimum absolute atomic E-state index is 0.0793. The molecule has 9 heteroatoms. The molecular formula is C14H15I3N2O4. The summed E-state index contributed by atoms with van der Waals surface area (Å²) < 4.78 is 1.87. The van der Waals surface area contributed by atoms with Crippen molar-refractivity contribution in [1.82, 2.24) is 5.32 Å². The zero-order valence-electron chi connectivity index (χ0n) is 12.5. The first-order valence-electron chi connectivity index (χ1n) is 6.70. The van der Waals surface area contributed by atoms with Crippen molar-refractivity contribution < 1.29 is 19.2 Å². The van der Waals surface area contributed by atoms with Crippen LogP contribution in [0.4, 0.5) is 0 Å². The van der Waals surface area contributed by atoms with Gasteiger partial charge in [-0.1, -0.05) is 13.8 Å². The molecule has 3 N–H and O–H groups in total. The van der Waals surface area contributed by atoms with E-state index >= 15 is 0 Å². The van der Waals surface area contributed by atoms with Gasteiger partial charge in [-0.05, 0) is 73.3 Å². The van der Waals surface area contributed by atoms with Gasteiger partial charge in [0.2, 0.25) is 5.91 Å². The molecule has 0 unspecified atom stereocenters. The largest absolute Gasteiger partial charge is 0.370 e. The minimum atomic E-state index is -0.705. The number of Topliss-reactive ketones (excluding diaryl/α,β-unsaturated/α-hetero) is 1. The molecule has 0 aliphatic heterocycles. The normalized spacial score (nSPS) is 10.3. The molecule has 0 aliphatic carbocycles. The highest BCUT2D eigenvalue weighted by Gasteiger charge is 2.27. The van der Waals surface area contributed by atoms with Crippen molar-refractivity contribution in [2.75, 3.05) is 0 Å². The highest BCUT2D eigenvalue weighted by molar-refractivity contribution is 14.1. The first-order chi connectivity index (χ1) is 10.8. The average Bonchev–Trinajstić information content (AvgIpc) is 2.53. The van der Waals surface area contributed by atoms with E-state index < -0.39 is 5.97 Å². The van der Waals surface area contributed by atoms with Crippen molar-refractivity contribution in [2.45, 2.75) is 33.2 Å². The van der Waals surface area contributed by atoms with Crippen molar-refractivity contribution in [1.29, 1.82) is 0 Å². The fraction of sp³-hybridized carbons (Fsp3) is 0.357. The molecule has 126 valence electrons. The lowest BCUT2D eigenvalue weighted by Crippen LogP contribution is -2.25. The molecule has 0 atom stereocenters. The summed E-state index contributed by atoms with van der Waals surface area (Å²) in [5.41, 5.74) is 1.44. The van der Waals surface area contributed by atoms with E-state index in [4.69, 9.17) is 5.90 Å². The Morgan fingerprint density at radius 2 is 1.57 bits per heavy atom. The summed E-state index contributed by atoms with van der Waals surface area (Å²) in [6.07, 6.45) is 0.667. The molecule has 1 rings (SSSR count). The van der Waals surface area contributed by atoms with Crippen LogP contribution < -0.4 is 11.2 Å². The number of hydrogen-bond acceptors (Lipinski definition) is 5. The van der Waals surface area contributed by atoms with Crippen LogP contribution in [-0.2, 0) is 16.2 Å². The molecule has 0 spiro atoms. The van der Waals surface area contributed by atoms with E-state index in [0.29, 0.717) is 31.1 Å². The maximum Gasteiger partial charge on any atom is 0.358 e. The summed E-state index contributed by atoms with van der Waals surface area (Å²) >= 11 is 6.05. The van der Waals surface area contributed by atoms with E-state index in [1.165, 1.54) is 0 Å². The van der Waals surface area contributed by atoms with Crippen LogP contribution in [0.2, 0.25) is 0 Å². The summed E-state index contributed by atoms with van der Waals surface area (Å²) in [4.78, 5) is 40.2. The first kappa shape index (κ1) is 21.0. The Bertz CT molecular complexity index is 619. The highest BCUT2D eigenvalue weighted by Crippen LogP contribution is 2.33. The van der Waals surface area contributed by atoms with Crippen molar-refractivity contribution in [3.05, 3.63) is 27.4 Å². The third kappa shape index (κ3) is 4.75. The van der Waals surface area contributed by atoms with Gasteiger partial charge in [-0.2, -0.15) is 5.90 Å². The molecule has 0 saturated heterocycles. The molecule has 0 heterocycles. The monoisotopic (exact) mass is 656 g/mol. The molecule has 1 aromatic rings. The molecule has 1 amide bonds. The molecule has 0 aliphatic rings.